The number of nitrogens with one attached hydrogen (secondary N) is 2. The van der Waals surface area contributed by atoms with E-state index in [4.69, 9.17) is 0 Å². The summed E-state index contributed by atoms with van der Waals surface area (Å²) in [5.74, 6) is -0.613. The number of hydrogen-bond acceptors (Lipinski definition) is 3. The van der Waals surface area contributed by atoms with Gasteiger partial charge in [-0.25, -0.2) is 12.8 Å². The van der Waals surface area contributed by atoms with Crippen molar-refractivity contribution in [2.75, 3.05) is 24.1 Å². The predicted molar refractivity (Wildman–Crippen MR) is 74.7 cm³/mol. The fourth-order valence-corrected chi connectivity index (χ4v) is 3.17. The van der Waals surface area contributed by atoms with Crippen LogP contribution >= 0.6 is 15.9 Å². The van der Waals surface area contributed by atoms with Gasteiger partial charge in [0.1, 0.15) is 5.82 Å². The Morgan fingerprint density at radius 1 is 1.33 bits per heavy atom. The fraction of sp³-hybridized carbons (Fsp3) is 0.455. The van der Waals surface area contributed by atoms with E-state index in [-0.39, 0.29) is 11.4 Å². The molecule has 18 heavy (non-hydrogen) atoms. The zero-order chi connectivity index (χ0) is 13.6. The topological polar surface area (TPSA) is 58.2 Å². The number of halogens is 2. The first-order chi connectivity index (χ1) is 8.46. The highest BCUT2D eigenvalue weighted by Gasteiger charge is 2.15. The van der Waals surface area contributed by atoms with Crippen LogP contribution in [0.2, 0.25) is 0 Å². The third-order valence-electron chi connectivity index (χ3n) is 2.31. The number of rotatable bonds is 7. The molecular formula is C11H16BrFN2O2S. The quantitative estimate of drug-likeness (QED) is 0.750. The molecule has 0 aromatic heterocycles. The first-order valence-electron chi connectivity index (χ1n) is 5.55. The van der Waals surface area contributed by atoms with Crippen LogP contribution in [0.1, 0.15) is 12.8 Å². The standard InChI is InChI=1S/C11H16BrFN2O2S/c1-14-7-2-3-8-18(16,17)15-11-9(12)5-4-6-10(11)13/h4-6,14-15H,2-3,7-8H2,1H3. The van der Waals surface area contributed by atoms with E-state index < -0.39 is 15.8 Å². The molecule has 7 heteroatoms. The Labute approximate surface area is 115 Å². The average Bonchev–Trinajstić information content (AvgIpc) is 2.30. The van der Waals surface area contributed by atoms with Gasteiger partial charge in [-0.3, -0.25) is 4.72 Å². The second kappa shape index (κ2) is 7.06. The number of sulfonamides is 1. The second-order valence-electron chi connectivity index (χ2n) is 3.83. The van der Waals surface area contributed by atoms with E-state index in [1.54, 1.807) is 6.07 Å². The highest BCUT2D eigenvalue weighted by molar-refractivity contribution is 9.10. The van der Waals surface area contributed by atoms with Crippen molar-refractivity contribution in [2.24, 2.45) is 0 Å². The monoisotopic (exact) mass is 338 g/mol. The largest absolute Gasteiger partial charge is 0.320 e. The lowest BCUT2D eigenvalue weighted by Crippen LogP contribution is -2.19. The molecule has 0 aliphatic carbocycles. The third kappa shape index (κ3) is 4.91. The van der Waals surface area contributed by atoms with Crippen LogP contribution in [0, 0.1) is 5.82 Å². The molecule has 0 atom stereocenters. The first kappa shape index (κ1) is 15.4. The lowest BCUT2D eigenvalue weighted by Gasteiger charge is -2.10. The zero-order valence-electron chi connectivity index (χ0n) is 10.0. The molecule has 0 aliphatic heterocycles. The molecule has 0 unspecified atom stereocenters. The molecule has 0 radical (unpaired) electrons. The molecular weight excluding hydrogens is 323 g/mol. The van der Waals surface area contributed by atoms with Gasteiger partial charge in [-0.1, -0.05) is 6.07 Å². The van der Waals surface area contributed by atoms with E-state index in [2.05, 4.69) is 26.0 Å². The van der Waals surface area contributed by atoms with E-state index in [1.165, 1.54) is 12.1 Å². The molecule has 0 bridgehead atoms. The van der Waals surface area contributed by atoms with Crippen LogP contribution in [-0.2, 0) is 10.0 Å². The maximum atomic E-state index is 13.5. The Morgan fingerprint density at radius 2 is 2.06 bits per heavy atom. The maximum Gasteiger partial charge on any atom is 0.232 e. The van der Waals surface area contributed by atoms with Gasteiger partial charge in [0, 0.05) is 4.47 Å². The summed E-state index contributed by atoms with van der Waals surface area (Å²) in [6.07, 6.45) is 1.29. The minimum absolute atomic E-state index is 0.0184. The minimum atomic E-state index is -3.51. The van der Waals surface area contributed by atoms with Gasteiger partial charge in [0.25, 0.3) is 0 Å². The molecule has 0 saturated carbocycles. The molecule has 0 heterocycles. The van der Waals surface area contributed by atoms with E-state index in [0.717, 1.165) is 13.0 Å². The average molecular weight is 339 g/mol. The summed E-state index contributed by atoms with van der Waals surface area (Å²) in [4.78, 5) is 0. The Hall–Kier alpha value is -0.660. The molecule has 0 amide bonds. The van der Waals surface area contributed by atoms with Gasteiger partial charge in [-0.2, -0.15) is 0 Å². The van der Waals surface area contributed by atoms with Crippen LogP contribution in [0.3, 0.4) is 0 Å². The van der Waals surface area contributed by atoms with E-state index in [0.29, 0.717) is 10.9 Å². The van der Waals surface area contributed by atoms with Crippen LogP contribution in [0.4, 0.5) is 10.1 Å². The summed E-state index contributed by atoms with van der Waals surface area (Å²) in [6, 6.07) is 4.30. The second-order valence-corrected chi connectivity index (χ2v) is 6.52. The number of unbranched alkanes of at least 4 members (excludes halogenated alkanes) is 1. The van der Waals surface area contributed by atoms with Gasteiger partial charge >= 0.3 is 0 Å². The van der Waals surface area contributed by atoms with E-state index >= 15 is 0 Å². The van der Waals surface area contributed by atoms with Crippen molar-refractivity contribution in [1.82, 2.24) is 5.32 Å². The normalized spacial score (nSPS) is 11.5. The van der Waals surface area contributed by atoms with Crippen molar-refractivity contribution in [3.8, 4) is 0 Å². The molecule has 1 rings (SSSR count). The molecule has 2 N–H and O–H groups in total. The minimum Gasteiger partial charge on any atom is -0.320 e. The molecule has 0 spiro atoms. The van der Waals surface area contributed by atoms with Gasteiger partial charge in [-0.15, -0.1) is 0 Å². The van der Waals surface area contributed by atoms with Crippen LogP contribution in [0.25, 0.3) is 0 Å². The zero-order valence-corrected chi connectivity index (χ0v) is 12.4. The number of anilines is 1. The van der Waals surface area contributed by atoms with Gasteiger partial charge in [0.05, 0.1) is 11.4 Å². The van der Waals surface area contributed by atoms with Crippen LogP contribution in [0.15, 0.2) is 22.7 Å². The molecule has 1 aromatic rings. The van der Waals surface area contributed by atoms with Crippen LogP contribution in [0.5, 0.6) is 0 Å². The summed E-state index contributed by atoms with van der Waals surface area (Å²) in [7, 11) is -1.70. The van der Waals surface area contributed by atoms with Crippen molar-refractivity contribution >= 4 is 31.6 Å². The highest BCUT2D eigenvalue weighted by Crippen LogP contribution is 2.26. The summed E-state index contributed by atoms with van der Waals surface area (Å²) < 4.78 is 39.6. The predicted octanol–water partition coefficient (Wildman–Crippen LogP) is 2.33. The van der Waals surface area contributed by atoms with Crippen LogP contribution < -0.4 is 10.0 Å². The van der Waals surface area contributed by atoms with Crippen molar-refractivity contribution in [1.29, 1.82) is 0 Å². The van der Waals surface area contributed by atoms with E-state index in [1.807, 2.05) is 7.05 Å². The Bertz CT molecular complexity index is 474. The number of para-hydroxylation sites is 1. The number of benzene rings is 1. The molecule has 102 valence electrons. The maximum absolute atomic E-state index is 13.5. The summed E-state index contributed by atoms with van der Waals surface area (Å²) in [5.41, 5.74) is -0.0360. The smallest absolute Gasteiger partial charge is 0.232 e. The van der Waals surface area contributed by atoms with E-state index in [9.17, 15) is 12.8 Å². The summed E-state index contributed by atoms with van der Waals surface area (Å²) in [5, 5.41) is 2.94. The first-order valence-corrected chi connectivity index (χ1v) is 8.00. The van der Waals surface area contributed by atoms with Gasteiger partial charge < -0.3 is 5.32 Å². The van der Waals surface area contributed by atoms with Crippen LogP contribution in [-0.4, -0.2) is 27.8 Å². The third-order valence-corrected chi connectivity index (χ3v) is 4.31. The Kier molecular flexibility index (Phi) is 6.04. The van der Waals surface area contributed by atoms with Gasteiger partial charge in [-0.05, 0) is 54.5 Å². The molecule has 1 aromatic carbocycles. The van der Waals surface area contributed by atoms with Crippen molar-refractivity contribution in [2.45, 2.75) is 12.8 Å². The fourth-order valence-electron chi connectivity index (χ4n) is 1.40. The summed E-state index contributed by atoms with van der Waals surface area (Å²) >= 11 is 3.12. The van der Waals surface area contributed by atoms with Crippen molar-refractivity contribution in [3.05, 3.63) is 28.5 Å². The van der Waals surface area contributed by atoms with Gasteiger partial charge in [0.2, 0.25) is 10.0 Å². The number of hydrogen-bond donors (Lipinski definition) is 2. The van der Waals surface area contributed by atoms with Crippen molar-refractivity contribution < 1.29 is 12.8 Å². The Balaban J connectivity index is 2.65. The summed E-state index contributed by atoms with van der Waals surface area (Å²) in [6.45, 7) is 0.763. The highest BCUT2D eigenvalue weighted by atomic mass is 79.9. The molecule has 0 aliphatic rings. The molecule has 0 saturated heterocycles. The van der Waals surface area contributed by atoms with Crippen molar-refractivity contribution in [3.63, 3.8) is 0 Å². The lowest BCUT2D eigenvalue weighted by molar-refractivity contribution is 0.592. The molecule has 0 fully saturated rings. The lowest BCUT2D eigenvalue weighted by atomic mass is 10.3. The SMILES string of the molecule is CNCCCCS(=O)(=O)Nc1c(F)cccc1Br. The Morgan fingerprint density at radius 3 is 2.67 bits per heavy atom. The molecule has 4 nitrogen and oxygen atoms in total. The van der Waals surface area contributed by atoms with Gasteiger partial charge in [0.15, 0.2) is 0 Å².